The first-order valence-electron chi connectivity index (χ1n) is 5.94. The van der Waals surface area contributed by atoms with Gasteiger partial charge in [-0.1, -0.05) is 23.7 Å². The molecule has 94 valence electrons. The predicted molar refractivity (Wildman–Crippen MR) is 68.3 cm³/mol. The fourth-order valence-corrected chi connectivity index (χ4v) is 2.40. The summed E-state index contributed by atoms with van der Waals surface area (Å²) in [6.45, 7) is 2.47. The van der Waals surface area contributed by atoms with Crippen LogP contribution in [0.3, 0.4) is 0 Å². The van der Waals surface area contributed by atoms with Gasteiger partial charge in [0, 0.05) is 17.5 Å². The monoisotopic (exact) mass is 263 g/mol. The van der Waals surface area contributed by atoms with E-state index in [9.17, 15) is 10.1 Å². The Hall–Kier alpha value is -1.37. The highest BCUT2D eigenvalue weighted by Crippen LogP contribution is 2.29. The Morgan fingerprint density at radius 3 is 2.67 bits per heavy atom. The summed E-state index contributed by atoms with van der Waals surface area (Å²) in [6, 6.07) is 8.94. The number of ketones is 1. The van der Waals surface area contributed by atoms with E-state index >= 15 is 0 Å². The lowest BCUT2D eigenvalue weighted by atomic mass is 9.85. The average molecular weight is 264 g/mol. The number of ether oxygens (including phenoxy) is 1. The van der Waals surface area contributed by atoms with Crippen molar-refractivity contribution in [3.63, 3.8) is 0 Å². The number of hydrogen-bond donors (Lipinski definition) is 0. The average Bonchev–Trinajstić information content (AvgIpc) is 2.78. The van der Waals surface area contributed by atoms with Crippen molar-refractivity contribution in [3.05, 3.63) is 34.9 Å². The molecule has 1 aromatic carbocycles. The van der Waals surface area contributed by atoms with Crippen LogP contribution in [-0.2, 0) is 9.53 Å². The van der Waals surface area contributed by atoms with E-state index < -0.39 is 5.92 Å². The molecular formula is C14H14ClNO2. The van der Waals surface area contributed by atoms with Gasteiger partial charge in [0.25, 0.3) is 0 Å². The summed E-state index contributed by atoms with van der Waals surface area (Å²) in [6.07, 6.45) is 0.604. The number of Topliss-reactive ketones (excluding diaryl/α,β-unsaturated/α-hetero) is 1. The summed E-state index contributed by atoms with van der Waals surface area (Å²) >= 11 is 5.80. The standard InChI is InChI=1S/C14H14ClNO2/c1-9-12(6-7-18-9)14(17)13(8-16)10-2-4-11(15)5-3-10/h2-5,9,12-13H,6-7H2,1H3. The zero-order valence-electron chi connectivity index (χ0n) is 10.1. The number of halogens is 1. The highest BCUT2D eigenvalue weighted by atomic mass is 35.5. The summed E-state index contributed by atoms with van der Waals surface area (Å²) in [5, 5.41) is 9.82. The molecule has 0 amide bonds. The van der Waals surface area contributed by atoms with Crippen LogP contribution in [0.5, 0.6) is 0 Å². The summed E-state index contributed by atoms with van der Waals surface area (Å²) in [5.74, 6) is -0.952. The Bertz CT molecular complexity index is 478. The van der Waals surface area contributed by atoms with Gasteiger partial charge in [0.05, 0.1) is 12.2 Å². The van der Waals surface area contributed by atoms with Crippen molar-refractivity contribution in [2.45, 2.75) is 25.4 Å². The van der Waals surface area contributed by atoms with Gasteiger partial charge in [0.15, 0.2) is 5.78 Å². The first-order valence-corrected chi connectivity index (χ1v) is 6.31. The summed E-state index contributed by atoms with van der Waals surface area (Å²) < 4.78 is 5.38. The largest absolute Gasteiger partial charge is 0.378 e. The van der Waals surface area contributed by atoms with Crippen molar-refractivity contribution < 1.29 is 9.53 Å². The van der Waals surface area contributed by atoms with Gasteiger partial charge in [-0.15, -0.1) is 0 Å². The second-order valence-electron chi connectivity index (χ2n) is 4.49. The zero-order valence-corrected chi connectivity index (χ0v) is 10.9. The van der Waals surface area contributed by atoms with Crippen molar-refractivity contribution in [1.82, 2.24) is 0 Å². The summed E-state index contributed by atoms with van der Waals surface area (Å²) in [4.78, 5) is 12.3. The van der Waals surface area contributed by atoms with Crippen LogP contribution in [-0.4, -0.2) is 18.5 Å². The molecule has 0 radical (unpaired) electrons. The molecule has 4 heteroatoms. The Kier molecular flexibility index (Phi) is 4.00. The van der Waals surface area contributed by atoms with Gasteiger partial charge in [0.1, 0.15) is 5.92 Å². The van der Waals surface area contributed by atoms with E-state index in [4.69, 9.17) is 16.3 Å². The van der Waals surface area contributed by atoms with Crippen LogP contribution < -0.4 is 0 Å². The summed E-state index contributed by atoms with van der Waals surface area (Å²) in [7, 11) is 0. The van der Waals surface area contributed by atoms with Gasteiger partial charge in [-0.2, -0.15) is 5.26 Å². The third-order valence-electron chi connectivity index (χ3n) is 3.36. The molecule has 1 aliphatic heterocycles. The molecule has 3 atom stereocenters. The number of carbonyl (C=O) groups excluding carboxylic acids is 1. The molecule has 0 aromatic heterocycles. The van der Waals surface area contributed by atoms with Gasteiger partial charge in [-0.3, -0.25) is 4.79 Å². The minimum Gasteiger partial charge on any atom is -0.378 e. The van der Waals surface area contributed by atoms with E-state index in [1.54, 1.807) is 24.3 Å². The second kappa shape index (κ2) is 5.51. The van der Waals surface area contributed by atoms with Crippen molar-refractivity contribution in [3.8, 4) is 6.07 Å². The highest BCUT2D eigenvalue weighted by Gasteiger charge is 2.35. The fraction of sp³-hybridized carbons (Fsp3) is 0.429. The normalized spacial score (nSPS) is 24.5. The molecule has 2 rings (SSSR count). The Balaban J connectivity index is 2.21. The number of rotatable bonds is 3. The molecular weight excluding hydrogens is 250 g/mol. The zero-order chi connectivity index (χ0) is 13.1. The molecule has 3 nitrogen and oxygen atoms in total. The number of nitriles is 1. The Morgan fingerprint density at radius 1 is 1.50 bits per heavy atom. The van der Waals surface area contributed by atoms with Crippen LogP contribution in [0, 0.1) is 17.2 Å². The van der Waals surface area contributed by atoms with Crippen LogP contribution in [0.25, 0.3) is 0 Å². The maximum Gasteiger partial charge on any atom is 0.160 e. The first-order chi connectivity index (χ1) is 8.63. The smallest absolute Gasteiger partial charge is 0.160 e. The number of nitrogens with zero attached hydrogens (tertiary/aromatic N) is 1. The van der Waals surface area contributed by atoms with E-state index in [0.717, 1.165) is 0 Å². The Labute approximate surface area is 111 Å². The molecule has 0 spiro atoms. The van der Waals surface area contributed by atoms with Crippen LogP contribution in [0.1, 0.15) is 24.8 Å². The van der Waals surface area contributed by atoms with E-state index in [-0.39, 0.29) is 17.8 Å². The van der Waals surface area contributed by atoms with Crippen molar-refractivity contribution in [2.75, 3.05) is 6.61 Å². The maximum atomic E-state index is 12.3. The molecule has 1 heterocycles. The topological polar surface area (TPSA) is 50.1 Å². The minimum atomic E-state index is -0.726. The third-order valence-corrected chi connectivity index (χ3v) is 3.61. The molecule has 1 aliphatic rings. The van der Waals surface area contributed by atoms with Gasteiger partial charge in [-0.25, -0.2) is 0 Å². The number of benzene rings is 1. The maximum absolute atomic E-state index is 12.3. The third kappa shape index (κ3) is 2.55. The lowest BCUT2D eigenvalue weighted by Crippen LogP contribution is -2.26. The van der Waals surface area contributed by atoms with Crippen molar-refractivity contribution in [2.24, 2.45) is 5.92 Å². The predicted octanol–water partition coefficient (Wildman–Crippen LogP) is 2.94. The molecule has 1 aromatic rings. The fourth-order valence-electron chi connectivity index (χ4n) is 2.28. The molecule has 0 aliphatic carbocycles. The van der Waals surface area contributed by atoms with Gasteiger partial charge in [0.2, 0.25) is 0 Å². The molecule has 0 bridgehead atoms. The molecule has 1 fully saturated rings. The minimum absolute atomic E-state index is 0.0511. The van der Waals surface area contributed by atoms with Crippen LogP contribution in [0.4, 0.5) is 0 Å². The Morgan fingerprint density at radius 2 is 2.17 bits per heavy atom. The lowest BCUT2D eigenvalue weighted by molar-refractivity contribution is -0.124. The van der Waals surface area contributed by atoms with Crippen molar-refractivity contribution >= 4 is 17.4 Å². The van der Waals surface area contributed by atoms with E-state index in [0.29, 0.717) is 23.6 Å². The van der Waals surface area contributed by atoms with Gasteiger partial charge < -0.3 is 4.74 Å². The van der Waals surface area contributed by atoms with Gasteiger partial charge >= 0.3 is 0 Å². The van der Waals surface area contributed by atoms with Crippen LogP contribution in [0.2, 0.25) is 5.02 Å². The number of hydrogen-bond acceptors (Lipinski definition) is 3. The second-order valence-corrected chi connectivity index (χ2v) is 4.92. The van der Waals surface area contributed by atoms with E-state index in [2.05, 4.69) is 6.07 Å². The first kappa shape index (κ1) is 13.1. The van der Waals surface area contributed by atoms with E-state index in [1.807, 2.05) is 6.92 Å². The molecule has 3 unspecified atom stereocenters. The summed E-state index contributed by atoms with van der Waals surface area (Å²) in [5.41, 5.74) is 0.700. The lowest BCUT2D eigenvalue weighted by Gasteiger charge is -2.16. The quantitative estimate of drug-likeness (QED) is 0.842. The van der Waals surface area contributed by atoms with Gasteiger partial charge in [-0.05, 0) is 31.0 Å². The van der Waals surface area contributed by atoms with E-state index in [1.165, 1.54) is 0 Å². The van der Waals surface area contributed by atoms with Crippen molar-refractivity contribution in [1.29, 1.82) is 5.26 Å². The SMILES string of the molecule is CC1OCCC1C(=O)C(C#N)c1ccc(Cl)cc1. The number of carbonyl (C=O) groups is 1. The highest BCUT2D eigenvalue weighted by molar-refractivity contribution is 6.30. The molecule has 18 heavy (non-hydrogen) atoms. The van der Waals surface area contributed by atoms with Crippen LogP contribution >= 0.6 is 11.6 Å². The molecule has 1 saturated heterocycles. The molecule has 0 saturated carbocycles. The van der Waals surface area contributed by atoms with Crippen LogP contribution in [0.15, 0.2) is 24.3 Å². The molecule has 0 N–H and O–H groups in total.